The van der Waals surface area contributed by atoms with Gasteiger partial charge in [0.25, 0.3) is 0 Å². The zero-order valence-electron chi connectivity index (χ0n) is 11.5. The molecule has 1 aromatic carbocycles. The van der Waals surface area contributed by atoms with E-state index in [2.05, 4.69) is 9.97 Å². The first-order chi connectivity index (χ1) is 10.3. The number of fused-ring (bicyclic) bond motifs is 1. The summed E-state index contributed by atoms with van der Waals surface area (Å²) < 4.78 is 37.3. The molecule has 9 heteroatoms. The summed E-state index contributed by atoms with van der Waals surface area (Å²) in [5.41, 5.74) is 6.50. The van der Waals surface area contributed by atoms with Gasteiger partial charge in [0, 0.05) is 18.4 Å². The highest BCUT2D eigenvalue weighted by Crippen LogP contribution is 2.37. The van der Waals surface area contributed by atoms with Crippen LogP contribution in [0.2, 0.25) is 5.15 Å². The standard InChI is InChI=1S/C13H12ClFN4O2S/c1-22(20,21)7-2-3-10(9(15)6-7)19-5-4-8-11(14)17-13(16)18-12(8)19/h2-3,6H,4-5H2,1H3,(H2,16,17,18). The molecule has 2 heterocycles. The number of hydrogen-bond donors (Lipinski definition) is 1. The molecule has 6 nitrogen and oxygen atoms in total. The molecule has 22 heavy (non-hydrogen) atoms. The minimum atomic E-state index is -3.46. The molecule has 0 atom stereocenters. The van der Waals surface area contributed by atoms with E-state index in [0.717, 1.165) is 12.3 Å². The van der Waals surface area contributed by atoms with Crippen LogP contribution < -0.4 is 10.6 Å². The van der Waals surface area contributed by atoms with Gasteiger partial charge in [0.2, 0.25) is 5.95 Å². The lowest BCUT2D eigenvalue weighted by Gasteiger charge is -2.19. The largest absolute Gasteiger partial charge is 0.368 e. The molecule has 0 spiro atoms. The first kappa shape index (κ1) is 15.0. The summed E-state index contributed by atoms with van der Waals surface area (Å²) in [6.45, 7) is 0.461. The summed E-state index contributed by atoms with van der Waals surface area (Å²) >= 11 is 6.02. The predicted molar refractivity (Wildman–Crippen MR) is 81.7 cm³/mol. The van der Waals surface area contributed by atoms with Gasteiger partial charge in [0.15, 0.2) is 9.84 Å². The van der Waals surface area contributed by atoms with Gasteiger partial charge in [0.05, 0.1) is 10.6 Å². The van der Waals surface area contributed by atoms with Crippen LogP contribution in [-0.2, 0) is 16.3 Å². The molecule has 3 rings (SSSR count). The van der Waals surface area contributed by atoms with E-state index in [1.54, 1.807) is 4.90 Å². The highest BCUT2D eigenvalue weighted by Gasteiger charge is 2.28. The Kier molecular flexibility index (Phi) is 3.45. The Morgan fingerprint density at radius 2 is 2.09 bits per heavy atom. The van der Waals surface area contributed by atoms with E-state index in [0.29, 0.717) is 24.3 Å². The lowest BCUT2D eigenvalue weighted by molar-refractivity contribution is 0.595. The van der Waals surface area contributed by atoms with Crippen molar-refractivity contribution in [2.45, 2.75) is 11.3 Å². The van der Waals surface area contributed by atoms with Crippen molar-refractivity contribution in [3.05, 3.63) is 34.7 Å². The summed E-state index contributed by atoms with van der Waals surface area (Å²) in [6, 6.07) is 3.76. The van der Waals surface area contributed by atoms with Crippen LogP contribution in [0.3, 0.4) is 0 Å². The quantitative estimate of drug-likeness (QED) is 0.839. The maximum Gasteiger partial charge on any atom is 0.223 e. The Hall–Kier alpha value is -1.93. The van der Waals surface area contributed by atoms with Crippen molar-refractivity contribution in [1.29, 1.82) is 0 Å². The van der Waals surface area contributed by atoms with E-state index in [1.807, 2.05) is 0 Å². The molecule has 116 valence electrons. The Bertz CT molecular complexity index is 873. The molecule has 2 aromatic rings. The van der Waals surface area contributed by atoms with E-state index in [9.17, 15) is 12.8 Å². The van der Waals surface area contributed by atoms with Gasteiger partial charge in [-0.25, -0.2) is 17.8 Å². The summed E-state index contributed by atoms with van der Waals surface area (Å²) in [5, 5.41) is 0.248. The number of nitrogens with zero attached hydrogens (tertiary/aromatic N) is 3. The maximum absolute atomic E-state index is 14.3. The Morgan fingerprint density at radius 1 is 1.36 bits per heavy atom. The van der Waals surface area contributed by atoms with Gasteiger partial charge in [-0.2, -0.15) is 4.98 Å². The molecule has 2 N–H and O–H groups in total. The number of nitrogen functional groups attached to an aromatic ring is 1. The van der Waals surface area contributed by atoms with E-state index in [-0.39, 0.29) is 21.7 Å². The SMILES string of the molecule is CS(=O)(=O)c1ccc(N2CCc3c(Cl)nc(N)nc32)c(F)c1. The fraction of sp³-hybridized carbons (Fsp3) is 0.231. The van der Waals surface area contributed by atoms with Crippen molar-refractivity contribution in [3.63, 3.8) is 0 Å². The zero-order valence-corrected chi connectivity index (χ0v) is 13.1. The van der Waals surface area contributed by atoms with Gasteiger partial charge in [-0.15, -0.1) is 0 Å². The van der Waals surface area contributed by atoms with E-state index >= 15 is 0 Å². The summed E-state index contributed by atoms with van der Waals surface area (Å²) in [4.78, 5) is 9.52. The van der Waals surface area contributed by atoms with Gasteiger partial charge in [-0.1, -0.05) is 11.6 Å². The fourth-order valence-electron chi connectivity index (χ4n) is 2.40. The van der Waals surface area contributed by atoms with Crippen LogP contribution in [0.4, 0.5) is 21.8 Å². The summed E-state index contributed by atoms with van der Waals surface area (Å²) in [5.74, 6) is -0.198. The first-order valence-electron chi connectivity index (χ1n) is 6.36. The van der Waals surface area contributed by atoms with Gasteiger partial charge >= 0.3 is 0 Å². The molecule has 1 aromatic heterocycles. The number of nitrogens with two attached hydrogens (primary N) is 1. The molecule has 0 fully saturated rings. The lowest BCUT2D eigenvalue weighted by Crippen LogP contribution is -2.16. The van der Waals surface area contributed by atoms with E-state index in [1.165, 1.54) is 12.1 Å². The van der Waals surface area contributed by atoms with Crippen LogP contribution in [0.15, 0.2) is 23.1 Å². The van der Waals surface area contributed by atoms with Crippen LogP contribution >= 0.6 is 11.6 Å². The highest BCUT2D eigenvalue weighted by molar-refractivity contribution is 7.90. The molecule has 0 unspecified atom stereocenters. The summed E-state index contributed by atoms with van der Waals surface area (Å²) in [7, 11) is -3.46. The second-order valence-corrected chi connectivity index (χ2v) is 7.34. The number of sulfone groups is 1. The fourth-order valence-corrected chi connectivity index (χ4v) is 3.30. The van der Waals surface area contributed by atoms with Crippen LogP contribution in [0.25, 0.3) is 0 Å². The predicted octanol–water partition coefficient (Wildman–Crippen LogP) is 1.95. The Balaban J connectivity index is 2.09. The van der Waals surface area contributed by atoms with Gasteiger partial charge < -0.3 is 10.6 Å². The average Bonchev–Trinajstić information content (AvgIpc) is 2.81. The van der Waals surface area contributed by atoms with E-state index < -0.39 is 15.7 Å². The molecular weight excluding hydrogens is 331 g/mol. The van der Waals surface area contributed by atoms with Crippen molar-refractivity contribution < 1.29 is 12.8 Å². The molecule has 0 saturated carbocycles. The molecule has 1 aliphatic rings. The molecule has 0 aliphatic carbocycles. The minimum absolute atomic E-state index is 0.00353. The maximum atomic E-state index is 14.3. The zero-order chi connectivity index (χ0) is 16.1. The van der Waals surface area contributed by atoms with Gasteiger partial charge in [0.1, 0.15) is 16.8 Å². The summed E-state index contributed by atoms with van der Waals surface area (Å²) in [6.07, 6.45) is 1.59. The molecule has 0 amide bonds. The normalized spacial score (nSPS) is 14.2. The van der Waals surface area contributed by atoms with Gasteiger partial charge in [-0.3, -0.25) is 0 Å². The van der Waals surface area contributed by atoms with Crippen LogP contribution in [0.1, 0.15) is 5.56 Å². The van der Waals surface area contributed by atoms with E-state index in [4.69, 9.17) is 17.3 Å². The lowest BCUT2D eigenvalue weighted by atomic mass is 10.3. The molecule has 0 radical (unpaired) electrons. The third kappa shape index (κ3) is 2.48. The third-order valence-corrected chi connectivity index (χ3v) is 4.85. The van der Waals surface area contributed by atoms with Crippen LogP contribution in [0, 0.1) is 5.82 Å². The van der Waals surface area contributed by atoms with Gasteiger partial charge in [-0.05, 0) is 24.6 Å². The molecule has 1 aliphatic heterocycles. The molecule has 0 bridgehead atoms. The van der Waals surface area contributed by atoms with Crippen LogP contribution in [-0.4, -0.2) is 31.2 Å². The van der Waals surface area contributed by atoms with Crippen LogP contribution in [0.5, 0.6) is 0 Å². The monoisotopic (exact) mass is 342 g/mol. The van der Waals surface area contributed by atoms with Crippen molar-refractivity contribution >= 4 is 38.9 Å². The highest BCUT2D eigenvalue weighted by atomic mass is 35.5. The number of rotatable bonds is 2. The smallest absolute Gasteiger partial charge is 0.223 e. The Morgan fingerprint density at radius 3 is 2.73 bits per heavy atom. The topological polar surface area (TPSA) is 89.2 Å². The average molecular weight is 343 g/mol. The van der Waals surface area contributed by atoms with Crippen molar-refractivity contribution in [1.82, 2.24) is 9.97 Å². The molecule has 0 saturated heterocycles. The van der Waals surface area contributed by atoms with Crippen molar-refractivity contribution in [3.8, 4) is 0 Å². The minimum Gasteiger partial charge on any atom is -0.368 e. The van der Waals surface area contributed by atoms with Crippen molar-refractivity contribution in [2.24, 2.45) is 0 Å². The number of benzene rings is 1. The number of hydrogen-bond acceptors (Lipinski definition) is 6. The van der Waals surface area contributed by atoms with Crippen molar-refractivity contribution in [2.75, 3.05) is 23.4 Å². The number of aromatic nitrogens is 2. The third-order valence-electron chi connectivity index (χ3n) is 3.43. The number of halogens is 2. The molecular formula is C13H12ClFN4O2S. The second-order valence-electron chi connectivity index (χ2n) is 4.96. The second kappa shape index (κ2) is 5.06. The first-order valence-corrected chi connectivity index (χ1v) is 8.63. The Labute approximate surface area is 131 Å². The number of anilines is 3.